The van der Waals surface area contributed by atoms with Crippen molar-refractivity contribution in [1.82, 2.24) is 10.1 Å². The van der Waals surface area contributed by atoms with Crippen LogP contribution in [0.4, 0.5) is 13.2 Å². The zero-order valence-electron chi connectivity index (χ0n) is 14.0. The van der Waals surface area contributed by atoms with E-state index in [-0.39, 0.29) is 23.9 Å². The largest absolute Gasteiger partial charge is 0.496 e. The number of halogens is 3. The first-order valence-electron chi connectivity index (χ1n) is 7.69. The van der Waals surface area contributed by atoms with Gasteiger partial charge in [0.1, 0.15) is 5.75 Å². The Labute approximate surface area is 151 Å². The highest BCUT2D eigenvalue weighted by Gasteiger charge is 2.30. The van der Waals surface area contributed by atoms with Gasteiger partial charge in [-0.05, 0) is 36.4 Å². The van der Waals surface area contributed by atoms with Crippen molar-refractivity contribution < 1.29 is 32.0 Å². The van der Waals surface area contributed by atoms with E-state index >= 15 is 0 Å². The number of methoxy groups -OCH3 is 1. The van der Waals surface area contributed by atoms with Crippen LogP contribution >= 0.6 is 0 Å². The third-order valence-corrected chi connectivity index (χ3v) is 3.59. The number of carbonyl (C=O) groups excluding carboxylic acids is 1. The van der Waals surface area contributed by atoms with Crippen LogP contribution in [0, 0.1) is 0 Å². The average Bonchev–Trinajstić information content (AvgIpc) is 3.14. The van der Waals surface area contributed by atoms with Crippen molar-refractivity contribution in [3.05, 3.63) is 65.5 Å². The molecule has 1 heterocycles. The molecule has 0 saturated heterocycles. The Morgan fingerprint density at radius 1 is 1.11 bits per heavy atom. The zero-order chi connectivity index (χ0) is 19.4. The van der Waals surface area contributed by atoms with Crippen LogP contribution in [-0.4, -0.2) is 23.2 Å². The van der Waals surface area contributed by atoms with Crippen molar-refractivity contribution in [2.45, 2.75) is 12.8 Å². The number of rotatable bonds is 5. The lowest BCUT2D eigenvalue weighted by atomic mass is 10.1. The molecule has 0 spiro atoms. The van der Waals surface area contributed by atoms with E-state index in [1.54, 1.807) is 24.3 Å². The van der Waals surface area contributed by atoms with Gasteiger partial charge in [0.15, 0.2) is 6.61 Å². The van der Waals surface area contributed by atoms with E-state index in [1.807, 2.05) is 0 Å². The van der Waals surface area contributed by atoms with Crippen LogP contribution in [0.2, 0.25) is 0 Å². The number of hydrogen-bond acceptors (Lipinski definition) is 6. The van der Waals surface area contributed by atoms with E-state index in [4.69, 9.17) is 14.0 Å². The second-order valence-electron chi connectivity index (χ2n) is 5.36. The van der Waals surface area contributed by atoms with Gasteiger partial charge in [-0.15, -0.1) is 0 Å². The summed E-state index contributed by atoms with van der Waals surface area (Å²) in [6.07, 6.45) is -4.47. The fourth-order valence-electron chi connectivity index (χ4n) is 2.26. The van der Waals surface area contributed by atoms with E-state index in [2.05, 4.69) is 10.1 Å². The normalized spacial score (nSPS) is 11.3. The molecule has 0 amide bonds. The topological polar surface area (TPSA) is 74.5 Å². The number of ether oxygens (including phenoxy) is 2. The van der Waals surface area contributed by atoms with Crippen molar-refractivity contribution in [2.75, 3.05) is 7.11 Å². The fraction of sp³-hybridized carbons (Fsp3) is 0.167. The van der Waals surface area contributed by atoms with Crippen molar-refractivity contribution in [2.24, 2.45) is 0 Å². The molecule has 0 radical (unpaired) electrons. The second-order valence-corrected chi connectivity index (χ2v) is 5.36. The first-order chi connectivity index (χ1) is 12.9. The number of aromatic nitrogens is 2. The van der Waals surface area contributed by atoms with Crippen molar-refractivity contribution >= 4 is 5.97 Å². The number of benzene rings is 2. The molecule has 0 unspecified atom stereocenters. The van der Waals surface area contributed by atoms with Gasteiger partial charge < -0.3 is 14.0 Å². The minimum Gasteiger partial charge on any atom is -0.496 e. The fourth-order valence-corrected chi connectivity index (χ4v) is 2.26. The van der Waals surface area contributed by atoms with E-state index in [9.17, 15) is 18.0 Å². The monoisotopic (exact) mass is 378 g/mol. The zero-order valence-corrected chi connectivity index (χ0v) is 14.0. The first-order valence-corrected chi connectivity index (χ1v) is 7.69. The summed E-state index contributed by atoms with van der Waals surface area (Å²) in [6, 6.07) is 10.7. The third kappa shape index (κ3) is 4.25. The number of para-hydroxylation sites is 1. The molecule has 140 valence electrons. The van der Waals surface area contributed by atoms with Gasteiger partial charge in [0.25, 0.3) is 5.89 Å². The van der Waals surface area contributed by atoms with Gasteiger partial charge in [-0.2, -0.15) is 18.2 Å². The Morgan fingerprint density at radius 2 is 1.81 bits per heavy atom. The molecule has 6 nitrogen and oxygen atoms in total. The molecule has 0 aliphatic heterocycles. The molecule has 3 rings (SSSR count). The van der Waals surface area contributed by atoms with Crippen LogP contribution in [0.5, 0.6) is 5.75 Å². The molecule has 1 aromatic heterocycles. The lowest BCUT2D eigenvalue weighted by molar-refractivity contribution is -0.137. The molecule has 0 fully saturated rings. The summed E-state index contributed by atoms with van der Waals surface area (Å²) in [6.45, 7) is -0.317. The predicted octanol–water partition coefficient (Wildman–Crippen LogP) is 4.12. The summed E-state index contributed by atoms with van der Waals surface area (Å²) >= 11 is 0. The maximum Gasteiger partial charge on any atom is 0.416 e. The number of nitrogens with zero attached hydrogens (tertiary/aromatic N) is 2. The molecular formula is C18H13F3N2O4. The summed E-state index contributed by atoms with van der Waals surface area (Å²) in [4.78, 5) is 16.1. The highest BCUT2D eigenvalue weighted by molar-refractivity contribution is 5.89. The van der Waals surface area contributed by atoms with Crippen LogP contribution in [0.3, 0.4) is 0 Å². The molecule has 0 saturated carbocycles. The maximum atomic E-state index is 12.5. The number of alkyl halides is 3. The number of esters is 1. The molecule has 9 heteroatoms. The summed E-state index contributed by atoms with van der Waals surface area (Å²) in [5, 5.41) is 3.80. The SMILES string of the molecule is COc1ccccc1-c1noc(COC(=O)c2ccc(C(F)(F)F)cc2)n1. The van der Waals surface area contributed by atoms with E-state index in [1.165, 1.54) is 7.11 Å². The van der Waals surface area contributed by atoms with Crippen LogP contribution in [0.1, 0.15) is 21.8 Å². The highest BCUT2D eigenvalue weighted by Crippen LogP contribution is 2.29. The molecule has 0 aliphatic carbocycles. The van der Waals surface area contributed by atoms with Gasteiger partial charge in [0.2, 0.25) is 5.82 Å². The van der Waals surface area contributed by atoms with Crippen molar-refractivity contribution in [1.29, 1.82) is 0 Å². The van der Waals surface area contributed by atoms with Crippen molar-refractivity contribution in [3.63, 3.8) is 0 Å². The molecular weight excluding hydrogens is 365 g/mol. The Balaban J connectivity index is 1.65. The molecule has 0 bridgehead atoms. The minimum atomic E-state index is -4.47. The molecule has 0 N–H and O–H groups in total. The van der Waals surface area contributed by atoms with Crippen LogP contribution in [-0.2, 0) is 17.5 Å². The Hall–Kier alpha value is -3.36. The minimum absolute atomic E-state index is 0.0209. The van der Waals surface area contributed by atoms with Gasteiger partial charge in [0.05, 0.1) is 23.8 Å². The molecule has 0 aliphatic rings. The molecule has 27 heavy (non-hydrogen) atoms. The molecule has 3 aromatic rings. The predicted molar refractivity (Wildman–Crippen MR) is 86.8 cm³/mol. The highest BCUT2D eigenvalue weighted by atomic mass is 19.4. The second kappa shape index (κ2) is 7.48. The van der Waals surface area contributed by atoms with Gasteiger partial charge >= 0.3 is 12.1 Å². The Kier molecular flexibility index (Phi) is 5.11. The lowest BCUT2D eigenvalue weighted by Crippen LogP contribution is -2.08. The summed E-state index contributed by atoms with van der Waals surface area (Å²) in [5.41, 5.74) is -0.270. The lowest BCUT2D eigenvalue weighted by Gasteiger charge is -2.07. The van der Waals surface area contributed by atoms with Gasteiger partial charge in [-0.25, -0.2) is 4.79 Å². The standard InChI is InChI=1S/C18H13F3N2O4/c1-25-14-5-3-2-4-13(14)16-22-15(27-23-16)10-26-17(24)11-6-8-12(9-7-11)18(19,20)21/h2-9H,10H2,1H3. The number of hydrogen-bond donors (Lipinski definition) is 0. The summed E-state index contributed by atoms with van der Waals surface area (Å²) < 4.78 is 52.8. The smallest absolute Gasteiger partial charge is 0.416 e. The van der Waals surface area contributed by atoms with E-state index in [0.717, 1.165) is 24.3 Å². The van der Waals surface area contributed by atoms with Crippen LogP contribution in [0.25, 0.3) is 11.4 Å². The summed E-state index contributed by atoms with van der Waals surface area (Å²) in [5.74, 6) is 0.0385. The van der Waals surface area contributed by atoms with Gasteiger partial charge in [0, 0.05) is 0 Å². The van der Waals surface area contributed by atoms with E-state index in [0.29, 0.717) is 11.3 Å². The average molecular weight is 378 g/mol. The Bertz CT molecular complexity index is 936. The van der Waals surface area contributed by atoms with E-state index < -0.39 is 17.7 Å². The Morgan fingerprint density at radius 3 is 2.48 bits per heavy atom. The molecule has 0 atom stereocenters. The van der Waals surface area contributed by atoms with Crippen molar-refractivity contribution in [3.8, 4) is 17.1 Å². The van der Waals surface area contributed by atoms with Gasteiger partial charge in [-0.1, -0.05) is 17.3 Å². The quantitative estimate of drug-likeness (QED) is 0.622. The molecule has 2 aromatic carbocycles. The van der Waals surface area contributed by atoms with Crippen LogP contribution < -0.4 is 4.74 Å². The van der Waals surface area contributed by atoms with Crippen LogP contribution in [0.15, 0.2) is 53.1 Å². The maximum absolute atomic E-state index is 12.5. The summed E-state index contributed by atoms with van der Waals surface area (Å²) in [7, 11) is 1.51. The number of carbonyl (C=O) groups is 1. The third-order valence-electron chi connectivity index (χ3n) is 3.59. The first kappa shape index (κ1) is 18.4. The van der Waals surface area contributed by atoms with Gasteiger partial charge in [-0.3, -0.25) is 0 Å².